The molecule has 0 spiro atoms. The fourth-order valence-corrected chi connectivity index (χ4v) is 2.11. The number of carboxylic acids is 1. The van der Waals surface area contributed by atoms with Gasteiger partial charge in [0.2, 0.25) is 0 Å². The Balaban J connectivity index is 1.97. The number of aromatic nitrogens is 2. The van der Waals surface area contributed by atoms with Gasteiger partial charge in [0.1, 0.15) is 6.04 Å². The van der Waals surface area contributed by atoms with Crippen LogP contribution in [-0.2, 0) is 17.8 Å². The van der Waals surface area contributed by atoms with E-state index in [4.69, 9.17) is 10.8 Å². The number of aliphatic carboxylic acids is 1. The van der Waals surface area contributed by atoms with Gasteiger partial charge in [-0.25, -0.2) is 4.98 Å². The van der Waals surface area contributed by atoms with E-state index in [0.717, 1.165) is 12.2 Å². The molecule has 21 heavy (non-hydrogen) atoms. The van der Waals surface area contributed by atoms with Gasteiger partial charge in [0, 0.05) is 32.3 Å². The molecule has 1 aromatic carbocycles. The van der Waals surface area contributed by atoms with Crippen molar-refractivity contribution < 1.29 is 9.90 Å². The maximum Gasteiger partial charge on any atom is 0.321 e. The zero-order valence-corrected chi connectivity index (χ0v) is 11.8. The third-order valence-corrected chi connectivity index (χ3v) is 3.14. The topological polar surface area (TPSA) is 93.2 Å². The molecule has 2 aromatic rings. The highest BCUT2D eigenvalue weighted by Crippen LogP contribution is 2.06. The summed E-state index contributed by atoms with van der Waals surface area (Å²) < 4.78 is 1.95. The Kier molecular flexibility index (Phi) is 5.48. The number of rotatable bonds is 8. The van der Waals surface area contributed by atoms with E-state index in [9.17, 15) is 4.79 Å². The second-order valence-corrected chi connectivity index (χ2v) is 4.86. The van der Waals surface area contributed by atoms with Crippen molar-refractivity contribution in [2.75, 3.05) is 13.1 Å². The van der Waals surface area contributed by atoms with E-state index in [0.29, 0.717) is 19.5 Å². The number of benzene rings is 1. The van der Waals surface area contributed by atoms with Gasteiger partial charge in [-0.3, -0.25) is 4.79 Å². The lowest BCUT2D eigenvalue weighted by atomic mass is 10.1. The Morgan fingerprint density at radius 3 is 2.81 bits per heavy atom. The molecule has 2 rings (SSSR count). The van der Waals surface area contributed by atoms with Crippen molar-refractivity contribution >= 4 is 5.97 Å². The number of nitrogens with one attached hydrogen (secondary N) is 1. The van der Waals surface area contributed by atoms with Gasteiger partial charge >= 0.3 is 5.97 Å². The van der Waals surface area contributed by atoms with Crippen molar-refractivity contribution in [2.45, 2.75) is 19.0 Å². The molecule has 0 bridgehead atoms. The summed E-state index contributed by atoms with van der Waals surface area (Å²) >= 11 is 0. The molecule has 1 heterocycles. The molecular weight excluding hydrogens is 268 g/mol. The van der Waals surface area contributed by atoms with Crippen LogP contribution < -0.4 is 11.1 Å². The standard InChI is InChI=1S/C15H20N4O2/c16-6-7-17-14(15(20)21)8-13-10-19(11-18-13)9-12-4-2-1-3-5-12/h1-5,10-11,14,17H,6-9,16H2,(H,20,21)/t14-/m0/s1. The van der Waals surface area contributed by atoms with Crippen molar-refractivity contribution in [2.24, 2.45) is 5.73 Å². The van der Waals surface area contributed by atoms with E-state index in [1.54, 1.807) is 6.33 Å². The fraction of sp³-hybridized carbons (Fsp3) is 0.333. The molecule has 0 aliphatic heterocycles. The van der Waals surface area contributed by atoms with Crippen LogP contribution in [0, 0.1) is 0 Å². The smallest absolute Gasteiger partial charge is 0.321 e. The molecule has 0 unspecified atom stereocenters. The zero-order chi connectivity index (χ0) is 15.1. The van der Waals surface area contributed by atoms with Gasteiger partial charge in [-0.1, -0.05) is 30.3 Å². The SMILES string of the molecule is NCCN[C@@H](Cc1cn(Cc2ccccc2)cn1)C(=O)O. The molecule has 112 valence electrons. The summed E-state index contributed by atoms with van der Waals surface area (Å²) in [6.45, 7) is 1.61. The lowest BCUT2D eigenvalue weighted by Crippen LogP contribution is -2.41. The third kappa shape index (κ3) is 4.70. The largest absolute Gasteiger partial charge is 0.480 e. The lowest BCUT2D eigenvalue weighted by molar-refractivity contribution is -0.139. The molecular formula is C15H20N4O2. The van der Waals surface area contributed by atoms with Crippen molar-refractivity contribution in [3.05, 3.63) is 54.1 Å². The molecule has 0 aliphatic carbocycles. The van der Waals surface area contributed by atoms with Crippen LogP contribution in [0.1, 0.15) is 11.3 Å². The minimum absolute atomic E-state index is 0.344. The number of carbonyl (C=O) groups is 1. The Morgan fingerprint density at radius 2 is 2.14 bits per heavy atom. The van der Waals surface area contributed by atoms with Crippen LogP contribution in [0.4, 0.5) is 0 Å². The first kappa shape index (κ1) is 15.2. The van der Waals surface area contributed by atoms with E-state index in [1.165, 1.54) is 5.56 Å². The molecule has 0 aliphatic rings. The molecule has 6 heteroatoms. The highest BCUT2D eigenvalue weighted by molar-refractivity contribution is 5.73. The van der Waals surface area contributed by atoms with Crippen LogP contribution in [0.3, 0.4) is 0 Å². The van der Waals surface area contributed by atoms with Gasteiger partial charge in [0.15, 0.2) is 0 Å². The van der Waals surface area contributed by atoms with Crippen LogP contribution in [0.2, 0.25) is 0 Å². The van der Waals surface area contributed by atoms with Gasteiger partial charge in [-0.05, 0) is 5.56 Å². The monoisotopic (exact) mass is 288 g/mol. The van der Waals surface area contributed by atoms with E-state index in [1.807, 2.05) is 41.1 Å². The van der Waals surface area contributed by atoms with Gasteiger partial charge < -0.3 is 20.7 Å². The Hall–Kier alpha value is -2.18. The van der Waals surface area contributed by atoms with Crippen LogP contribution in [0.25, 0.3) is 0 Å². The average Bonchev–Trinajstić information content (AvgIpc) is 2.91. The predicted octanol–water partition coefficient (Wildman–Crippen LogP) is 0.475. The molecule has 4 N–H and O–H groups in total. The van der Waals surface area contributed by atoms with E-state index in [2.05, 4.69) is 10.3 Å². The number of hydrogen-bond acceptors (Lipinski definition) is 4. The van der Waals surface area contributed by atoms with Gasteiger partial charge in [0.25, 0.3) is 0 Å². The Labute approximate surface area is 123 Å². The van der Waals surface area contributed by atoms with Gasteiger partial charge in [-0.15, -0.1) is 0 Å². The maximum absolute atomic E-state index is 11.2. The Morgan fingerprint density at radius 1 is 1.38 bits per heavy atom. The summed E-state index contributed by atoms with van der Waals surface area (Å²) in [6.07, 6.45) is 3.95. The predicted molar refractivity (Wildman–Crippen MR) is 80.0 cm³/mol. The van der Waals surface area contributed by atoms with Crippen molar-refractivity contribution in [3.8, 4) is 0 Å². The molecule has 6 nitrogen and oxygen atoms in total. The van der Waals surface area contributed by atoms with Crippen molar-refractivity contribution in [1.82, 2.24) is 14.9 Å². The molecule has 0 amide bonds. The first-order chi connectivity index (χ1) is 10.2. The van der Waals surface area contributed by atoms with Crippen LogP contribution in [-0.4, -0.2) is 39.8 Å². The summed E-state index contributed by atoms with van der Waals surface area (Å²) in [6, 6.07) is 9.39. The van der Waals surface area contributed by atoms with E-state index in [-0.39, 0.29) is 0 Å². The first-order valence-corrected chi connectivity index (χ1v) is 6.90. The van der Waals surface area contributed by atoms with Crippen LogP contribution in [0.15, 0.2) is 42.9 Å². The van der Waals surface area contributed by atoms with Crippen molar-refractivity contribution in [3.63, 3.8) is 0 Å². The summed E-state index contributed by atoms with van der Waals surface area (Å²) in [5.41, 5.74) is 7.32. The summed E-state index contributed by atoms with van der Waals surface area (Å²) in [5.74, 6) is -0.888. The Bertz CT molecular complexity index is 568. The van der Waals surface area contributed by atoms with Crippen LogP contribution >= 0.6 is 0 Å². The van der Waals surface area contributed by atoms with Gasteiger partial charge in [-0.2, -0.15) is 0 Å². The highest BCUT2D eigenvalue weighted by Gasteiger charge is 2.18. The second-order valence-electron chi connectivity index (χ2n) is 4.86. The molecule has 0 saturated carbocycles. The number of imidazole rings is 1. The average molecular weight is 288 g/mol. The third-order valence-electron chi connectivity index (χ3n) is 3.14. The number of nitrogens with zero attached hydrogens (tertiary/aromatic N) is 2. The fourth-order valence-electron chi connectivity index (χ4n) is 2.11. The molecule has 1 atom stereocenters. The minimum atomic E-state index is -0.888. The van der Waals surface area contributed by atoms with E-state index < -0.39 is 12.0 Å². The van der Waals surface area contributed by atoms with E-state index >= 15 is 0 Å². The quantitative estimate of drug-likeness (QED) is 0.657. The summed E-state index contributed by atoms with van der Waals surface area (Å²) in [7, 11) is 0. The molecule has 0 saturated heterocycles. The maximum atomic E-state index is 11.2. The first-order valence-electron chi connectivity index (χ1n) is 6.90. The second kappa shape index (κ2) is 7.56. The number of hydrogen-bond donors (Lipinski definition) is 3. The molecule has 1 aromatic heterocycles. The van der Waals surface area contributed by atoms with Crippen molar-refractivity contribution in [1.29, 1.82) is 0 Å². The molecule has 0 radical (unpaired) electrons. The zero-order valence-electron chi connectivity index (χ0n) is 11.8. The van der Waals surface area contributed by atoms with Gasteiger partial charge in [0.05, 0.1) is 12.0 Å². The van der Waals surface area contributed by atoms with Crippen LogP contribution in [0.5, 0.6) is 0 Å². The highest BCUT2D eigenvalue weighted by atomic mass is 16.4. The number of nitrogens with two attached hydrogens (primary N) is 1. The summed E-state index contributed by atoms with van der Waals surface area (Å²) in [5, 5.41) is 12.1. The lowest BCUT2D eigenvalue weighted by Gasteiger charge is -2.12. The summed E-state index contributed by atoms with van der Waals surface area (Å²) in [4.78, 5) is 15.4. The minimum Gasteiger partial charge on any atom is -0.480 e. The number of carboxylic acid groups (broad SMARTS) is 1. The normalized spacial score (nSPS) is 12.2. The molecule has 0 fully saturated rings.